The second-order valence-electron chi connectivity index (χ2n) is 9.35. The average molecular weight is 564 g/mol. The molecule has 0 fully saturated rings. The Kier molecular flexibility index (Phi) is 6.52. The molecule has 1 amide bonds. The van der Waals surface area contributed by atoms with Gasteiger partial charge in [0.15, 0.2) is 5.43 Å². The molecule has 4 aromatic heterocycles. The fraction of sp³-hybridized carbons (Fsp3) is 0.0667. The first kappa shape index (κ1) is 25.9. The van der Waals surface area contributed by atoms with Crippen LogP contribution in [0.1, 0.15) is 29.1 Å². The number of primary amides is 1. The number of carbonyl (C=O) groups is 1. The summed E-state index contributed by atoms with van der Waals surface area (Å²) in [5.41, 5.74) is 7.61. The van der Waals surface area contributed by atoms with Gasteiger partial charge in [-0.2, -0.15) is 0 Å². The van der Waals surface area contributed by atoms with Crippen molar-refractivity contribution in [3.63, 3.8) is 0 Å². The van der Waals surface area contributed by atoms with Crippen molar-refractivity contribution in [2.75, 3.05) is 5.32 Å². The minimum absolute atomic E-state index is 0.118. The molecule has 202 valence electrons. The molecule has 4 heterocycles. The van der Waals surface area contributed by atoms with Crippen molar-refractivity contribution in [1.29, 1.82) is 0 Å². The number of hydrogen-bond acceptors (Lipinski definition) is 7. The van der Waals surface area contributed by atoms with Crippen molar-refractivity contribution < 1.29 is 4.79 Å². The monoisotopic (exact) mass is 563 g/mol. The molecule has 6 rings (SSSR count). The van der Waals surface area contributed by atoms with Gasteiger partial charge >= 0.3 is 0 Å². The highest BCUT2D eigenvalue weighted by atomic mass is 35.5. The lowest BCUT2D eigenvalue weighted by Gasteiger charge is -2.24. The minimum Gasteiger partial charge on any atom is -0.364 e. The van der Waals surface area contributed by atoms with Gasteiger partial charge in [-0.3, -0.25) is 23.9 Å². The summed E-state index contributed by atoms with van der Waals surface area (Å²) in [7, 11) is 0. The van der Waals surface area contributed by atoms with Crippen LogP contribution in [0.4, 0.5) is 5.82 Å². The molecule has 0 bridgehead atoms. The van der Waals surface area contributed by atoms with Gasteiger partial charge in [0.25, 0.3) is 11.5 Å². The van der Waals surface area contributed by atoms with Crippen LogP contribution in [0.3, 0.4) is 0 Å². The number of nitrogens with one attached hydrogen (secondary N) is 2. The van der Waals surface area contributed by atoms with Crippen LogP contribution in [0.15, 0.2) is 95.0 Å². The largest absolute Gasteiger partial charge is 0.364 e. The van der Waals surface area contributed by atoms with E-state index in [9.17, 15) is 14.4 Å². The molecule has 41 heavy (non-hydrogen) atoms. The van der Waals surface area contributed by atoms with Crippen LogP contribution < -0.4 is 22.0 Å². The lowest BCUT2D eigenvalue weighted by atomic mass is 9.98. The summed E-state index contributed by atoms with van der Waals surface area (Å²) in [6, 6.07) is 18.6. The molecule has 0 saturated carbocycles. The lowest BCUT2D eigenvalue weighted by Crippen LogP contribution is -2.27. The first-order valence-electron chi connectivity index (χ1n) is 12.6. The number of carbonyl (C=O) groups excluding carboxylic acids is 1. The van der Waals surface area contributed by atoms with Crippen LogP contribution in [-0.2, 0) is 0 Å². The van der Waals surface area contributed by atoms with Crippen molar-refractivity contribution in [1.82, 2.24) is 24.5 Å². The molecule has 0 unspecified atom stereocenters. The molecule has 2 aromatic carbocycles. The van der Waals surface area contributed by atoms with Gasteiger partial charge in [0.2, 0.25) is 0 Å². The summed E-state index contributed by atoms with van der Waals surface area (Å²) in [6.07, 6.45) is 4.38. The number of halogens is 1. The molecule has 0 aliphatic rings. The molecule has 10 nitrogen and oxygen atoms in total. The van der Waals surface area contributed by atoms with Crippen LogP contribution >= 0.6 is 11.6 Å². The molecule has 1 atom stereocenters. The fourth-order valence-corrected chi connectivity index (χ4v) is 5.38. The SMILES string of the molecule is C[C@H](Nc1ncnc2[nH]ccc(=O)c12)c1c(Cl)c2cccc(-c3ccc(C(N)=O)nc3)c2c(=O)n1-c1ccccc1. The van der Waals surface area contributed by atoms with Gasteiger partial charge in [-0.05, 0) is 30.7 Å². The van der Waals surface area contributed by atoms with E-state index in [4.69, 9.17) is 17.3 Å². The molecule has 0 spiro atoms. The summed E-state index contributed by atoms with van der Waals surface area (Å²) in [5.74, 6) is -0.338. The molecule has 11 heteroatoms. The predicted octanol–water partition coefficient (Wildman–Crippen LogP) is 4.61. The van der Waals surface area contributed by atoms with Crippen molar-refractivity contribution >= 4 is 45.1 Å². The first-order valence-corrected chi connectivity index (χ1v) is 13.0. The van der Waals surface area contributed by atoms with Gasteiger partial charge in [0.05, 0.1) is 22.1 Å². The third-order valence-corrected chi connectivity index (χ3v) is 7.23. The number of nitrogens with two attached hydrogens (primary N) is 1. The highest BCUT2D eigenvalue weighted by Crippen LogP contribution is 2.36. The van der Waals surface area contributed by atoms with Crippen LogP contribution in [0, 0.1) is 0 Å². The summed E-state index contributed by atoms with van der Waals surface area (Å²) in [5, 5.41) is 4.84. The van der Waals surface area contributed by atoms with E-state index < -0.39 is 11.9 Å². The number of H-pyrrole nitrogens is 1. The number of pyridine rings is 3. The molecule has 0 radical (unpaired) electrons. The molecule has 0 saturated heterocycles. The maximum atomic E-state index is 14.4. The van der Waals surface area contributed by atoms with E-state index in [2.05, 4.69) is 25.3 Å². The normalized spacial score (nSPS) is 12.0. The van der Waals surface area contributed by atoms with Crippen molar-refractivity contribution in [3.8, 4) is 16.8 Å². The molecular formula is C30H22ClN7O3. The first-order chi connectivity index (χ1) is 19.8. The third kappa shape index (κ3) is 4.50. The Morgan fingerprint density at radius 2 is 1.78 bits per heavy atom. The number of fused-ring (bicyclic) bond motifs is 2. The third-order valence-electron chi connectivity index (χ3n) is 6.84. The molecule has 4 N–H and O–H groups in total. The Hall–Kier alpha value is -5.35. The summed E-state index contributed by atoms with van der Waals surface area (Å²) in [6.45, 7) is 1.84. The second kappa shape index (κ2) is 10.3. The van der Waals surface area contributed by atoms with Crippen LogP contribution in [0.2, 0.25) is 5.02 Å². The summed E-state index contributed by atoms with van der Waals surface area (Å²) in [4.78, 5) is 54.2. The van der Waals surface area contributed by atoms with Gasteiger partial charge in [-0.15, -0.1) is 0 Å². The summed E-state index contributed by atoms with van der Waals surface area (Å²) < 4.78 is 1.56. The topological polar surface area (TPSA) is 149 Å². The van der Waals surface area contributed by atoms with E-state index in [0.717, 1.165) is 0 Å². The zero-order valence-corrected chi connectivity index (χ0v) is 22.4. The van der Waals surface area contributed by atoms with E-state index in [0.29, 0.717) is 55.2 Å². The van der Waals surface area contributed by atoms with Crippen molar-refractivity contribution in [2.45, 2.75) is 13.0 Å². The van der Waals surface area contributed by atoms with Crippen LogP contribution in [-0.4, -0.2) is 30.4 Å². The standard InChI is InChI=1S/C30H22ClN7O3/c1-16(37-29-24-22(39)12-13-33-28(24)35-15-36-29)26-25(31)20-9-5-8-19(17-10-11-21(27(32)40)34-14-17)23(20)30(41)38(26)18-6-3-2-4-7-18/h2-16H,1H3,(H2,32,40)(H2,33,35,36,37,39)/t16-/m0/s1. The van der Waals surface area contributed by atoms with Gasteiger partial charge in [-0.1, -0.05) is 54.1 Å². The Morgan fingerprint density at radius 3 is 2.51 bits per heavy atom. The maximum absolute atomic E-state index is 14.4. The number of aromatic nitrogens is 5. The molecule has 0 aliphatic heterocycles. The quantitative estimate of drug-likeness (QED) is 0.268. The summed E-state index contributed by atoms with van der Waals surface area (Å²) >= 11 is 7.13. The highest BCUT2D eigenvalue weighted by molar-refractivity contribution is 6.36. The molecule has 0 aliphatic carbocycles. The van der Waals surface area contributed by atoms with Gasteiger partial charge < -0.3 is 16.0 Å². The van der Waals surface area contributed by atoms with E-state index in [1.165, 1.54) is 30.9 Å². The number of anilines is 1. The Balaban J connectivity index is 1.60. The van der Waals surface area contributed by atoms with E-state index >= 15 is 0 Å². The number of hydrogen-bond donors (Lipinski definition) is 3. The van der Waals surface area contributed by atoms with Crippen LogP contribution in [0.5, 0.6) is 0 Å². The van der Waals surface area contributed by atoms with Gasteiger partial charge in [0.1, 0.15) is 28.9 Å². The number of amides is 1. The fourth-order valence-electron chi connectivity index (χ4n) is 4.97. The molecule has 6 aromatic rings. The number of benzene rings is 2. The predicted molar refractivity (Wildman–Crippen MR) is 159 cm³/mol. The van der Waals surface area contributed by atoms with E-state index in [1.54, 1.807) is 28.8 Å². The number of rotatable bonds is 6. The highest BCUT2D eigenvalue weighted by Gasteiger charge is 2.24. The number of para-hydroxylation sites is 1. The van der Waals surface area contributed by atoms with Gasteiger partial charge in [0, 0.05) is 35.1 Å². The second-order valence-corrected chi connectivity index (χ2v) is 9.73. The molecular weight excluding hydrogens is 542 g/mol. The lowest BCUT2D eigenvalue weighted by molar-refractivity contribution is 0.0995. The van der Waals surface area contributed by atoms with Crippen LogP contribution in [0.25, 0.3) is 38.6 Å². The van der Waals surface area contributed by atoms with Crippen molar-refractivity contribution in [3.05, 3.63) is 122 Å². The Labute approximate surface area is 237 Å². The number of aromatic amines is 1. The number of nitrogens with zero attached hydrogens (tertiary/aromatic N) is 4. The Bertz CT molecular complexity index is 2070. The van der Waals surface area contributed by atoms with E-state index in [-0.39, 0.29) is 16.7 Å². The van der Waals surface area contributed by atoms with E-state index in [1.807, 2.05) is 37.3 Å². The van der Waals surface area contributed by atoms with Crippen molar-refractivity contribution in [2.24, 2.45) is 5.73 Å². The maximum Gasteiger partial charge on any atom is 0.267 e. The average Bonchev–Trinajstić information content (AvgIpc) is 2.99. The zero-order chi connectivity index (χ0) is 28.7. The van der Waals surface area contributed by atoms with Gasteiger partial charge in [-0.25, -0.2) is 9.97 Å². The zero-order valence-electron chi connectivity index (χ0n) is 21.6. The minimum atomic E-state index is -0.645. The smallest absolute Gasteiger partial charge is 0.267 e. The Morgan fingerprint density at radius 1 is 0.976 bits per heavy atom.